The Labute approximate surface area is 395 Å². The highest BCUT2D eigenvalue weighted by Gasteiger charge is 2.32. The molecule has 0 radical (unpaired) electrons. The Morgan fingerprint density at radius 1 is 0.892 bits per heavy atom. The summed E-state index contributed by atoms with van der Waals surface area (Å²) in [5.41, 5.74) is 4.94. The Morgan fingerprint density at radius 2 is 1.58 bits per heavy atom. The zero-order chi connectivity index (χ0) is 45.9. The summed E-state index contributed by atoms with van der Waals surface area (Å²) >= 11 is 5.20. The molecule has 16 heteroatoms. The van der Waals surface area contributed by atoms with E-state index >= 15 is 4.39 Å². The first-order chi connectivity index (χ1) is 31.4. The average Bonchev–Trinajstić information content (AvgIpc) is 3.32. The summed E-state index contributed by atoms with van der Waals surface area (Å²) in [6.07, 6.45) is 0.403. The Bertz CT molecular complexity index is 2480. The van der Waals surface area contributed by atoms with Crippen molar-refractivity contribution in [2.24, 2.45) is 0 Å². The molecular formula is C49H58ClFN6O5S3. The molecule has 4 atom stereocenters. The van der Waals surface area contributed by atoms with E-state index in [4.69, 9.17) is 11.6 Å². The van der Waals surface area contributed by atoms with E-state index in [0.717, 1.165) is 81.0 Å². The number of hydrogen-bond acceptors (Lipinski definition) is 10. The minimum absolute atomic E-state index is 0.0912. The molecule has 0 saturated carbocycles. The summed E-state index contributed by atoms with van der Waals surface area (Å²) in [5.74, 6) is -0.216. The van der Waals surface area contributed by atoms with E-state index in [2.05, 4.69) is 61.7 Å². The van der Waals surface area contributed by atoms with Gasteiger partial charge in [-0.05, 0) is 116 Å². The van der Waals surface area contributed by atoms with Crippen LogP contribution in [0, 0.1) is 0 Å². The van der Waals surface area contributed by atoms with Crippen LogP contribution in [-0.2, 0) is 27.6 Å². The molecule has 11 nitrogen and oxygen atoms in total. The number of piperazine rings is 1. The third kappa shape index (κ3) is 13.0. The van der Waals surface area contributed by atoms with Gasteiger partial charge >= 0.3 is 0 Å². The minimum atomic E-state index is -4.43. The Hall–Kier alpha value is -4.32. The molecule has 0 aliphatic carbocycles. The molecule has 346 valence electrons. The normalized spacial score (nSPS) is 18.3. The Morgan fingerprint density at radius 3 is 2.26 bits per heavy atom. The van der Waals surface area contributed by atoms with Crippen LogP contribution in [0.15, 0.2) is 136 Å². The predicted octanol–water partition coefficient (Wildman–Crippen LogP) is 8.75. The fourth-order valence-corrected chi connectivity index (χ4v) is 11.4. The van der Waals surface area contributed by atoms with Crippen LogP contribution in [0.2, 0.25) is 5.02 Å². The number of anilines is 2. The molecule has 1 amide bonds. The maximum Gasteiger partial charge on any atom is 0.264 e. The van der Waals surface area contributed by atoms with Crippen molar-refractivity contribution in [3.8, 4) is 11.1 Å². The van der Waals surface area contributed by atoms with E-state index in [-0.39, 0.29) is 27.4 Å². The van der Waals surface area contributed by atoms with Crippen molar-refractivity contribution >= 4 is 61.7 Å². The molecule has 0 spiro atoms. The van der Waals surface area contributed by atoms with Crippen LogP contribution in [0.4, 0.5) is 15.8 Å². The lowest BCUT2D eigenvalue weighted by Gasteiger charge is -2.40. The van der Waals surface area contributed by atoms with Crippen LogP contribution in [-0.4, -0.2) is 121 Å². The van der Waals surface area contributed by atoms with E-state index in [1.54, 1.807) is 23.9 Å². The van der Waals surface area contributed by atoms with Crippen molar-refractivity contribution in [1.82, 2.24) is 19.4 Å². The third-order valence-corrected chi connectivity index (χ3v) is 15.8. The number of alkyl halides is 1. The molecule has 2 saturated heterocycles. The largest absolute Gasteiger partial charge is 0.380 e. The predicted molar refractivity (Wildman–Crippen MR) is 263 cm³/mol. The van der Waals surface area contributed by atoms with Gasteiger partial charge in [0.05, 0.1) is 15.5 Å². The van der Waals surface area contributed by atoms with Gasteiger partial charge in [-0.15, -0.1) is 11.8 Å². The Balaban J connectivity index is 0.959. The van der Waals surface area contributed by atoms with Crippen molar-refractivity contribution < 1.29 is 26.4 Å². The van der Waals surface area contributed by atoms with Crippen molar-refractivity contribution in [1.29, 1.82) is 0 Å². The van der Waals surface area contributed by atoms with Crippen molar-refractivity contribution in [2.75, 3.05) is 74.9 Å². The number of rotatable bonds is 19. The number of piperidine rings is 1. The average molecular weight is 962 g/mol. The number of sulfonamides is 1. The summed E-state index contributed by atoms with van der Waals surface area (Å²) < 4.78 is 67.8. The highest BCUT2D eigenvalue weighted by Crippen LogP contribution is 2.30. The number of thioether (sulfide) groups is 1. The summed E-state index contributed by atoms with van der Waals surface area (Å²) in [4.78, 5) is 22.9. The summed E-state index contributed by atoms with van der Waals surface area (Å²) in [6.45, 7) is 11.5. The number of hydrogen-bond donors (Lipinski definition) is 3. The van der Waals surface area contributed by atoms with E-state index in [0.29, 0.717) is 36.0 Å². The second-order valence-corrected chi connectivity index (χ2v) is 20.6. The van der Waals surface area contributed by atoms with E-state index < -0.39 is 33.2 Å². The zero-order valence-corrected chi connectivity index (χ0v) is 40.0. The van der Waals surface area contributed by atoms with E-state index in [1.165, 1.54) is 23.3 Å². The number of nitrogens with one attached hydrogen (secondary N) is 2. The zero-order valence-electron chi connectivity index (χ0n) is 36.8. The molecule has 3 unspecified atom stereocenters. The second kappa shape index (κ2) is 22.9. The van der Waals surface area contributed by atoms with Gasteiger partial charge in [0.15, 0.2) is 11.1 Å². The molecule has 3 N–H and O–H groups in total. The van der Waals surface area contributed by atoms with E-state index in [1.807, 2.05) is 72.8 Å². The summed E-state index contributed by atoms with van der Waals surface area (Å²) in [5, 5.41) is 4.11. The molecule has 2 heterocycles. The number of carbonyl (C=O) groups is 1. The van der Waals surface area contributed by atoms with Crippen LogP contribution in [0.25, 0.3) is 11.1 Å². The summed E-state index contributed by atoms with van der Waals surface area (Å²) in [6, 6.07) is 36.6. The van der Waals surface area contributed by atoms with Gasteiger partial charge in [0.2, 0.25) is 0 Å². The summed E-state index contributed by atoms with van der Waals surface area (Å²) in [7, 11) is -4.43. The first-order valence-corrected chi connectivity index (χ1v) is 26.1. The lowest BCUT2D eigenvalue weighted by molar-refractivity contribution is 0.0383. The van der Waals surface area contributed by atoms with Crippen molar-refractivity contribution in [3.05, 3.63) is 137 Å². The van der Waals surface area contributed by atoms with Crippen LogP contribution in [0.5, 0.6) is 0 Å². The second-order valence-electron chi connectivity index (χ2n) is 16.5. The maximum atomic E-state index is 15.4. The lowest BCUT2D eigenvalue weighted by atomic mass is 9.99. The lowest BCUT2D eigenvalue weighted by Crippen LogP contribution is -2.52. The number of halogens is 2. The smallest absolute Gasteiger partial charge is 0.264 e. The molecule has 2 aliphatic heterocycles. The molecule has 65 heavy (non-hydrogen) atoms. The topological polar surface area (TPSA) is 126 Å². The van der Waals surface area contributed by atoms with Gasteiger partial charge in [0, 0.05) is 84.8 Å². The van der Waals surface area contributed by atoms with Gasteiger partial charge in [0.25, 0.3) is 15.9 Å². The first kappa shape index (κ1) is 48.6. The standard InChI is InChI=1S/C49H58ClFN6O5S3/c1-3-56(4-2)47-25-27-54(34-45(47)51)26-24-40(35-63-42-11-6-5-7-12-42)52-46-23-22-43(32-48(46)64(59)60)65(61,62)53-49(58)37-16-20-41(21-17-37)57-30-28-55(29-31-57)33-38-10-8-9-13-44(38)36-14-18-39(50)19-15-36/h5-23,32,40,45,47,52H,3-4,24-31,33-35H2,1-2H3,(H,53,58)(H,59,60)/t40-,45?,47?/m1/s1. The molecule has 5 aromatic rings. The number of amides is 1. The third-order valence-electron chi connectivity index (χ3n) is 12.3. The molecule has 2 aliphatic rings. The molecular weight excluding hydrogens is 903 g/mol. The number of carbonyl (C=O) groups excluding carboxylic acids is 1. The Kier molecular flexibility index (Phi) is 17.1. The SMILES string of the molecule is CCN(CC)C1CCN(CC[C@H](CSc2ccccc2)Nc2ccc(S(=O)(=O)NC(=O)c3ccc(N4CCN(Cc5ccccc5-c5ccc(Cl)cc5)CC4)cc3)cc2S(=O)O)CC1F. The number of benzene rings is 5. The highest BCUT2D eigenvalue weighted by molar-refractivity contribution is 7.99. The minimum Gasteiger partial charge on any atom is -0.380 e. The fourth-order valence-electron chi connectivity index (χ4n) is 8.70. The van der Waals surface area contributed by atoms with Gasteiger partial charge in [-0.25, -0.2) is 21.7 Å². The molecule has 7 rings (SSSR count). The van der Waals surface area contributed by atoms with Gasteiger partial charge < -0.3 is 19.7 Å². The monoisotopic (exact) mass is 960 g/mol. The van der Waals surface area contributed by atoms with Crippen LogP contribution in [0.3, 0.4) is 0 Å². The van der Waals surface area contributed by atoms with Gasteiger partial charge in [-0.2, -0.15) is 0 Å². The van der Waals surface area contributed by atoms with Gasteiger partial charge in [-0.1, -0.05) is 80.0 Å². The molecule has 0 aromatic heterocycles. The number of likely N-dealkylation sites (tertiary alicyclic amines) is 1. The van der Waals surface area contributed by atoms with Crippen LogP contribution >= 0.6 is 23.4 Å². The van der Waals surface area contributed by atoms with Gasteiger partial charge in [0.1, 0.15) is 6.17 Å². The van der Waals surface area contributed by atoms with Crippen LogP contribution in [0.1, 0.15) is 42.6 Å². The quantitative estimate of drug-likeness (QED) is 0.0544. The maximum absolute atomic E-state index is 15.4. The first-order valence-electron chi connectivity index (χ1n) is 22.2. The van der Waals surface area contributed by atoms with Gasteiger partial charge in [-0.3, -0.25) is 14.6 Å². The van der Waals surface area contributed by atoms with Crippen molar-refractivity contribution in [3.63, 3.8) is 0 Å². The fraction of sp³-hybridized carbons (Fsp3) is 0.367. The molecule has 5 aromatic carbocycles. The highest BCUT2D eigenvalue weighted by atomic mass is 35.5. The molecule has 2 fully saturated rings. The molecule has 0 bridgehead atoms. The van der Waals surface area contributed by atoms with E-state index in [9.17, 15) is 22.0 Å². The van der Waals surface area contributed by atoms with Crippen molar-refractivity contribution in [2.45, 2.75) is 66.2 Å². The van der Waals surface area contributed by atoms with Crippen LogP contribution < -0.4 is 14.9 Å². The number of nitrogens with zero attached hydrogens (tertiary/aromatic N) is 4.